The van der Waals surface area contributed by atoms with Gasteiger partial charge in [-0.05, 0) is 74.4 Å². The number of nitriles is 1. The number of benzene rings is 1. The van der Waals surface area contributed by atoms with Crippen LogP contribution in [0.5, 0.6) is 5.75 Å². The third-order valence-electron chi connectivity index (χ3n) is 5.59. The van der Waals surface area contributed by atoms with E-state index in [0.717, 1.165) is 43.0 Å². The monoisotopic (exact) mass is 452 g/mol. The van der Waals surface area contributed by atoms with Crippen molar-refractivity contribution in [3.05, 3.63) is 42.1 Å². The molecule has 1 aliphatic heterocycles. The smallest absolute Gasteiger partial charge is 0.405 e. The summed E-state index contributed by atoms with van der Waals surface area (Å²) in [5.74, 6) is 1.42. The largest absolute Gasteiger partial charge is 0.492 e. The summed E-state index contributed by atoms with van der Waals surface area (Å²) in [6.07, 6.45) is 3.25. The predicted octanol–water partition coefficient (Wildman–Crippen LogP) is 4.66. The molecule has 1 saturated heterocycles. The number of nitrogens with one attached hydrogen (secondary N) is 2. The molecule has 0 unspecified atom stereocenters. The lowest BCUT2D eigenvalue weighted by atomic mass is 9.92. The first-order chi connectivity index (χ1) is 15.8. The Morgan fingerprint density at radius 1 is 1.30 bits per heavy atom. The van der Waals surface area contributed by atoms with Gasteiger partial charge in [0.15, 0.2) is 0 Å². The number of carbonyl (C=O) groups is 1. The van der Waals surface area contributed by atoms with Gasteiger partial charge in [-0.2, -0.15) is 5.26 Å². The van der Waals surface area contributed by atoms with Crippen LogP contribution in [0, 0.1) is 17.2 Å². The highest BCUT2D eigenvalue weighted by Gasteiger charge is 2.23. The lowest BCUT2D eigenvalue weighted by Crippen LogP contribution is -2.44. The van der Waals surface area contributed by atoms with E-state index in [9.17, 15) is 10.1 Å². The highest BCUT2D eigenvalue weighted by atomic mass is 16.5. The number of rotatable bonds is 9. The molecule has 2 aromatic rings. The highest BCUT2D eigenvalue weighted by molar-refractivity contribution is 5.69. The maximum Gasteiger partial charge on any atom is 0.405 e. The summed E-state index contributed by atoms with van der Waals surface area (Å²) < 4.78 is 11.3. The molecule has 0 spiro atoms. The van der Waals surface area contributed by atoms with E-state index in [-0.39, 0.29) is 5.92 Å². The second-order valence-electron chi connectivity index (χ2n) is 9.22. The van der Waals surface area contributed by atoms with Gasteiger partial charge in [0, 0.05) is 31.0 Å². The predicted molar refractivity (Wildman–Crippen MR) is 126 cm³/mol. The van der Waals surface area contributed by atoms with Crippen molar-refractivity contribution in [1.82, 2.24) is 10.3 Å². The van der Waals surface area contributed by atoms with Crippen LogP contribution in [0.15, 0.2) is 36.5 Å². The van der Waals surface area contributed by atoms with Gasteiger partial charge in [0.2, 0.25) is 0 Å². The maximum absolute atomic E-state index is 10.9. The van der Waals surface area contributed by atoms with E-state index < -0.39 is 11.6 Å². The molecule has 1 fully saturated rings. The molecule has 3 N–H and O–H groups in total. The summed E-state index contributed by atoms with van der Waals surface area (Å²) in [6, 6.07) is 12.1. The molecule has 8 heteroatoms. The Hall–Kier alpha value is -3.31. The van der Waals surface area contributed by atoms with Crippen molar-refractivity contribution in [3.8, 4) is 22.9 Å². The maximum atomic E-state index is 10.9. The number of hydrogen-bond donors (Lipinski definition) is 3. The van der Waals surface area contributed by atoms with Gasteiger partial charge in [0.25, 0.3) is 0 Å². The average molecular weight is 453 g/mol. The molecule has 176 valence electrons. The van der Waals surface area contributed by atoms with E-state index in [4.69, 9.17) is 14.6 Å². The fraction of sp³-hybridized carbons (Fsp3) is 0.480. The first-order valence-electron chi connectivity index (χ1n) is 11.2. The number of pyridine rings is 1. The number of hydrogen-bond acceptors (Lipinski definition) is 6. The molecule has 1 atom stereocenters. The molecule has 1 amide bonds. The highest BCUT2D eigenvalue weighted by Crippen LogP contribution is 2.28. The summed E-state index contributed by atoms with van der Waals surface area (Å²) in [6.45, 7) is 7.58. The van der Waals surface area contributed by atoms with Crippen molar-refractivity contribution < 1.29 is 19.4 Å². The van der Waals surface area contributed by atoms with Gasteiger partial charge in [0.1, 0.15) is 17.6 Å². The fourth-order valence-electron chi connectivity index (χ4n) is 4.17. The van der Waals surface area contributed by atoms with Gasteiger partial charge >= 0.3 is 6.09 Å². The van der Waals surface area contributed by atoms with Crippen LogP contribution >= 0.6 is 0 Å². The molecular weight excluding hydrogens is 420 g/mol. The molecule has 1 aromatic heterocycles. The third kappa shape index (κ3) is 7.36. The minimum Gasteiger partial charge on any atom is -0.492 e. The second kappa shape index (κ2) is 11.0. The average Bonchev–Trinajstić information content (AvgIpc) is 2.77. The summed E-state index contributed by atoms with van der Waals surface area (Å²) in [4.78, 5) is 15.4. The third-order valence-corrected chi connectivity index (χ3v) is 5.59. The van der Waals surface area contributed by atoms with E-state index in [1.54, 1.807) is 6.20 Å². The second-order valence-corrected chi connectivity index (χ2v) is 9.22. The first kappa shape index (κ1) is 24.3. The number of anilines is 1. The number of aromatic nitrogens is 1. The van der Waals surface area contributed by atoms with E-state index in [0.29, 0.717) is 30.4 Å². The summed E-state index contributed by atoms with van der Waals surface area (Å²) >= 11 is 0. The zero-order chi connectivity index (χ0) is 23.8. The molecule has 8 nitrogen and oxygen atoms in total. The molecule has 0 saturated carbocycles. The lowest BCUT2D eigenvalue weighted by Gasteiger charge is -2.28. The van der Waals surface area contributed by atoms with Crippen molar-refractivity contribution in [2.24, 2.45) is 5.92 Å². The Morgan fingerprint density at radius 2 is 2.03 bits per heavy atom. The van der Waals surface area contributed by atoms with Crippen molar-refractivity contribution in [3.63, 3.8) is 0 Å². The minimum absolute atomic E-state index is 0.0945. The summed E-state index contributed by atoms with van der Waals surface area (Å²) in [5, 5.41) is 24.6. The molecule has 1 aliphatic rings. The quantitative estimate of drug-likeness (QED) is 0.506. The van der Waals surface area contributed by atoms with E-state index in [1.165, 1.54) is 0 Å². The molecule has 3 rings (SSSR count). The van der Waals surface area contributed by atoms with Gasteiger partial charge in [-0.25, -0.2) is 9.78 Å². The summed E-state index contributed by atoms with van der Waals surface area (Å²) in [7, 11) is 0. The zero-order valence-corrected chi connectivity index (χ0v) is 19.4. The molecule has 2 heterocycles. The van der Waals surface area contributed by atoms with Crippen LogP contribution in [0.1, 0.15) is 45.6 Å². The number of ether oxygens (including phenoxy) is 2. The molecular formula is C25H32N4O4. The number of nitrogens with zero attached hydrogens (tertiary/aromatic N) is 2. The number of amides is 1. The van der Waals surface area contributed by atoms with Gasteiger partial charge < -0.3 is 25.2 Å². The van der Waals surface area contributed by atoms with Crippen molar-refractivity contribution in [2.45, 2.75) is 51.6 Å². The Labute approximate surface area is 194 Å². The van der Waals surface area contributed by atoms with E-state index in [1.807, 2.05) is 51.1 Å². The Kier molecular flexibility index (Phi) is 8.12. The van der Waals surface area contributed by atoms with E-state index >= 15 is 0 Å². The standard InChI is InChI=1S/C25H32N4O4/c1-17(14-25(2,3)29-24(30)31)16-33-22-5-4-18(12-20(22)15-26)19-6-9-27-23(13-19)28-21-7-10-32-11-8-21/h4-6,9,12-13,17,21,29H,7-8,10-11,14,16H2,1-3H3,(H,27,28)(H,30,31)/t17-/m0/s1. The first-order valence-corrected chi connectivity index (χ1v) is 11.2. The van der Waals surface area contributed by atoms with Crippen LogP contribution in [-0.2, 0) is 4.74 Å². The van der Waals surface area contributed by atoms with Gasteiger partial charge in [-0.3, -0.25) is 0 Å². The molecule has 0 aliphatic carbocycles. The van der Waals surface area contributed by atoms with Crippen LogP contribution in [0.4, 0.5) is 10.6 Å². The fourth-order valence-corrected chi connectivity index (χ4v) is 4.17. The Bertz CT molecular complexity index is 996. The molecule has 1 aromatic carbocycles. The van der Waals surface area contributed by atoms with Crippen LogP contribution in [0.3, 0.4) is 0 Å². The number of carboxylic acid groups (broad SMARTS) is 1. The van der Waals surface area contributed by atoms with Crippen LogP contribution in [0.2, 0.25) is 0 Å². The minimum atomic E-state index is -1.04. The van der Waals surface area contributed by atoms with Crippen molar-refractivity contribution in [1.29, 1.82) is 5.26 Å². The zero-order valence-electron chi connectivity index (χ0n) is 19.4. The van der Waals surface area contributed by atoms with Crippen molar-refractivity contribution in [2.75, 3.05) is 25.1 Å². The normalized spacial score (nSPS) is 15.3. The van der Waals surface area contributed by atoms with Crippen LogP contribution in [-0.4, -0.2) is 47.6 Å². The van der Waals surface area contributed by atoms with Gasteiger partial charge in [0.05, 0.1) is 12.2 Å². The molecule has 0 radical (unpaired) electrons. The SMILES string of the molecule is C[C@H](COc1ccc(-c2ccnc(NC3CCOCC3)c2)cc1C#N)CC(C)(C)NC(=O)O. The van der Waals surface area contributed by atoms with Crippen LogP contribution < -0.4 is 15.4 Å². The van der Waals surface area contributed by atoms with Gasteiger partial charge in [-0.1, -0.05) is 13.0 Å². The summed E-state index contributed by atoms with van der Waals surface area (Å²) in [5.41, 5.74) is 1.78. The van der Waals surface area contributed by atoms with Crippen molar-refractivity contribution >= 4 is 11.9 Å². The molecule has 33 heavy (non-hydrogen) atoms. The Balaban J connectivity index is 1.65. The molecule has 0 bridgehead atoms. The van der Waals surface area contributed by atoms with Gasteiger partial charge in [-0.15, -0.1) is 0 Å². The van der Waals surface area contributed by atoms with E-state index in [2.05, 4.69) is 21.7 Å². The van der Waals surface area contributed by atoms with Crippen LogP contribution in [0.25, 0.3) is 11.1 Å². The Morgan fingerprint density at radius 3 is 2.73 bits per heavy atom. The lowest BCUT2D eigenvalue weighted by molar-refractivity contribution is 0.0904. The topological polar surface area (TPSA) is 116 Å².